The van der Waals surface area contributed by atoms with Crippen LogP contribution >= 0.6 is 0 Å². The van der Waals surface area contributed by atoms with Crippen LogP contribution in [0.1, 0.15) is 81.0 Å². The van der Waals surface area contributed by atoms with Gasteiger partial charge in [-0.05, 0) is 71.9 Å². The highest BCUT2D eigenvalue weighted by atomic mass is 16.5. The average molecular weight is 487 g/mol. The number of nitrogens with zero attached hydrogens (tertiary/aromatic N) is 1. The molecule has 0 aliphatic heterocycles. The standard InChI is InChI=1S/C30H34N2O4/c1-29(2,3)21-9-12-22(13-10-21)36-23-11-8-20-17-26(27(33)32-30(14-15-30)28(34)35)31-25(24(20)18-23)16-19-6-4-5-7-19/h8-13,17-19H,4-7,14-16H2,1-3H3,(H,32,33)(H,34,35). The van der Waals surface area contributed by atoms with Crippen molar-refractivity contribution >= 4 is 22.6 Å². The molecule has 0 saturated heterocycles. The van der Waals surface area contributed by atoms with E-state index in [-0.39, 0.29) is 11.1 Å². The highest BCUT2D eigenvalue weighted by Gasteiger charge is 2.51. The van der Waals surface area contributed by atoms with Gasteiger partial charge in [-0.1, -0.05) is 64.7 Å². The average Bonchev–Trinajstić information content (AvgIpc) is 3.44. The van der Waals surface area contributed by atoms with Gasteiger partial charge in [-0.25, -0.2) is 9.78 Å². The third kappa shape index (κ3) is 5.08. The first-order chi connectivity index (χ1) is 17.1. The maximum Gasteiger partial charge on any atom is 0.329 e. The Kier molecular flexibility index (Phi) is 6.23. The molecule has 0 atom stereocenters. The minimum absolute atomic E-state index is 0.0793. The molecular weight excluding hydrogens is 452 g/mol. The summed E-state index contributed by atoms with van der Waals surface area (Å²) in [4.78, 5) is 29.3. The number of carbonyl (C=O) groups is 2. The number of carbonyl (C=O) groups excluding carboxylic acids is 1. The van der Waals surface area contributed by atoms with Crippen LogP contribution in [0.5, 0.6) is 11.5 Å². The van der Waals surface area contributed by atoms with Gasteiger partial charge in [0.1, 0.15) is 22.7 Å². The largest absolute Gasteiger partial charge is 0.480 e. The summed E-state index contributed by atoms with van der Waals surface area (Å²) in [7, 11) is 0. The van der Waals surface area contributed by atoms with Crippen molar-refractivity contribution in [3.05, 3.63) is 65.5 Å². The summed E-state index contributed by atoms with van der Waals surface area (Å²) in [6.07, 6.45) is 6.48. The molecule has 2 fully saturated rings. The van der Waals surface area contributed by atoms with Crippen LogP contribution in [0.2, 0.25) is 0 Å². The molecule has 3 aromatic rings. The van der Waals surface area contributed by atoms with E-state index in [2.05, 4.69) is 38.2 Å². The van der Waals surface area contributed by atoms with Gasteiger partial charge in [-0.15, -0.1) is 0 Å². The number of amides is 1. The van der Waals surface area contributed by atoms with E-state index in [9.17, 15) is 14.7 Å². The van der Waals surface area contributed by atoms with Crippen LogP contribution in [0.3, 0.4) is 0 Å². The molecule has 2 aliphatic carbocycles. The lowest BCUT2D eigenvalue weighted by molar-refractivity contribution is -0.140. The summed E-state index contributed by atoms with van der Waals surface area (Å²) in [5, 5.41) is 14.1. The van der Waals surface area contributed by atoms with Crippen molar-refractivity contribution in [2.24, 2.45) is 5.92 Å². The minimum atomic E-state index is -1.14. The molecule has 6 nitrogen and oxygen atoms in total. The number of benzene rings is 2. The van der Waals surface area contributed by atoms with E-state index in [0.717, 1.165) is 47.2 Å². The first kappa shape index (κ1) is 24.3. The quantitative estimate of drug-likeness (QED) is 0.403. The van der Waals surface area contributed by atoms with Gasteiger partial charge < -0.3 is 15.2 Å². The number of carboxylic acid groups (broad SMARTS) is 1. The van der Waals surface area contributed by atoms with Crippen LogP contribution in [0.4, 0.5) is 0 Å². The second kappa shape index (κ2) is 9.23. The van der Waals surface area contributed by atoms with Gasteiger partial charge in [-0.2, -0.15) is 0 Å². The number of fused-ring (bicyclic) bond motifs is 1. The van der Waals surface area contributed by atoms with Crippen LogP contribution < -0.4 is 10.1 Å². The lowest BCUT2D eigenvalue weighted by atomic mass is 9.87. The van der Waals surface area contributed by atoms with Gasteiger partial charge in [0.25, 0.3) is 5.91 Å². The van der Waals surface area contributed by atoms with Crippen LogP contribution in [0.15, 0.2) is 48.5 Å². The molecule has 5 rings (SSSR count). The fourth-order valence-corrected chi connectivity index (χ4v) is 5.08. The third-order valence-corrected chi connectivity index (χ3v) is 7.54. The molecule has 36 heavy (non-hydrogen) atoms. The number of aliphatic carboxylic acids is 1. The summed E-state index contributed by atoms with van der Waals surface area (Å²) in [6.45, 7) is 6.56. The molecule has 0 bridgehead atoms. The van der Waals surface area contributed by atoms with Crippen LogP contribution in [-0.2, 0) is 16.6 Å². The van der Waals surface area contributed by atoms with Gasteiger partial charge in [-0.3, -0.25) is 4.79 Å². The maximum atomic E-state index is 13.0. The summed E-state index contributed by atoms with van der Waals surface area (Å²) in [5.41, 5.74) is 1.33. The Bertz CT molecular complexity index is 1300. The number of hydrogen-bond donors (Lipinski definition) is 2. The Morgan fingerprint density at radius 3 is 2.31 bits per heavy atom. The summed E-state index contributed by atoms with van der Waals surface area (Å²) in [6, 6.07) is 15.8. The first-order valence-corrected chi connectivity index (χ1v) is 12.9. The van der Waals surface area contributed by atoms with Crippen LogP contribution in [0.25, 0.3) is 10.8 Å². The number of aromatic nitrogens is 1. The van der Waals surface area contributed by atoms with E-state index in [1.54, 1.807) is 6.07 Å². The Morgan fingerprint density at radius 2 is 1.69 bits per heavy atom. The molecule has 1 heterocycles. The van der Waals surface area contributed by atoms with E-state index < -0.39 is 17.4 Å². The molecule has 0 radical (unpaired) electrons. The smallest absolute Gasteiger partial charge is 0.329 e. The first-order valence-electron chi connectivity index (χ1n) is 12.9. The molecular formula is C30H34N2O4. The molecule has 2 aliphatic rings. The predicted octanol–water partition coefficient (Wildman–Crippen LogP) is 6.40. The monoisotopic (exact) mass is 486 g/mol. The number of pyridine rings is 1. The predicted molar refractivity (Wildman–Crippen MR) is 140 cm³/mol. The molecule has 188 valence electrons. The van der Waals surface area contributed by atoms with Crippen molar-refractivity contribution in [3.63, 3.8) is 0 Å². The fourth-order valence-electron chi connectivity index (χ4n) is 5.08. The van der Waals surface area contributed by atoms with Gasteiger partial charge >= 0.3 is 5.97 Å². The van der Waals surface area contributed by atoms with Gasteiger partial charge in [0.15, 0.2) is 0 Å². The molecule has 2 saturated carbocycles. The molecule has 1 aromatic heterocycles. The summed E-state index contributed by atoms with van der Waals surface area (Å²) < 4.78 is 6.18. The van der Waals surface area contributed by atoms with Crippen molar-refractivity contribution in [1.29, 1.82) is 0 Å². The van der Waals surface area contributed by atoms with E-state index in [1.807, 2.05) is 30.3 Å². The lowest BCUT2D eigenvalue weighted by Gasteiger charge is -2.19. The lowest BCUT2D eigenvalue weighted by Crippen LogP contribution is -2.43. The fraction of sp³-hybridized carbons (Fsp3) is 0.433. The molecule has 2 N–H and O–H groups in total. The van der Waals surface area contributed by atoms with Crippen molar-refractivity contribution in [1.82, 2.24) is 10.3 Å². The number of carboxylic acids is 1. The van der Waals surface area contributed by atoms with Crippen molar-refractivity contribution in [3.8, 4) is 11.5 Å². The zero-order valence-electron chi connectivity index (χ0n) is 21.3. The molecule has 2 aromatic carbocycles. The maximum absolute atomic E-state index is 13.0. The number of rotatable bonds is 7. The normalized spacial score (nSPS) is 17.2. The second-order valence-corrected chi connectivity index (χ2v) is 11.4. The second-order valence-electron chi connectivity index (χ2n) is 11.4. The van der Waals surface area contributed by atoms with Crippen molar-refractivity contribution in [2.45, 2.75) is 76.7 Å². The zero-order valence-corrected chi connectivity index (χ0v) is 21.3. The highest BCUT2D eigenvalue weighted by Crippen LogP contribution is 2.37. The molecule has 0 spiro atoms. The van der Waals surface area contributed by atoms with E-state index in [0.29, 0.717) is 18.8 Å². The Hall–Kier alpha value is -3.41. The topological polar surface area (TPSA) is 88.5 Å². The van der Waals surface area contributed by atoms with E-state index >= 15 is 0 Å². The number of hydrogen-bond acceptors (Lipinski definition) is 4. The molecule has 6 heteroatoms. The summed E-state index contributed by atoms with van der Waals surface area (Å²) in [5.74, 6) is 0.624. The SMILES string of the molecule is CC(C)(C)c1ccc(Oc2ccc3cc(C(=O)NC4(C(=O)O)CC4)nc(CC4CCCC4)c3c2)cc1. The van der Waals surface area contributed by atoms with Gasteiger partial charge in [0, 0.05) is 11.1 Å². The van der Waals surface area contributed by atoms with Crippen LogP contribution in [0, 0.1) is 5.92 Å². The van der Waals surface area contributed by atoms with Crippen LogP contribution in [-0.4, -0.2) is 27.5 Å². The van der Waals surface area contributed by atoms with E-state index in [4.69, 9.17) is 9.72 Å². The molecule has 0 unspecified atom stereocenters. The Morgan fingerprint density at radius 1 is 1.03 bits per heavy atom. The minimum Gasteiger partial charge on any atom is -0.480 e. The highest BCUT2D eigenvalue weighted by molar-refractivity contribution is 6.00. The van der Waals surface area contributed by atoms with Crippen molar-refractivity contribution in [2.75, 3.05) is 0 Å². The Balaban J connectivity index is 1.45. The van der Waals surface area contributed by atoms with Gasteiger partial charge in [0.05, 0.1) is 0 Å². The number of ether oxygens (including phenoxy) is 1. The molecule has 1 amide bonds. The third-order valence-electron chi connectivity index (χ3n) is 7.54. The van der Waals surface area contributed by atoms with E-state index in [1.165, 1.54) is 18.4 Å². The van der Waals surface area contributed by atoms with Crippen molar-refractivity contribution < 1.29 is 19.4 Å². The Labute approximate surface area is 212 Å². The summed E-state index contributed by atoms with van der Waals surface area (Å²) >= 11 is 0. The number of nitrogens with one attached hydrogen (secondary N) is 1. The van der Waals surface area contributed by atoms with Gasteiger partial charge in [0.2, 0.25) is 0 Å². The zero-order chi connectivity index (χ0) is 25.5.